The fourth-order valence-electron chi connectivity index (χ4n) is 0. The molecule has 0 bridgehead atoms. The third-order valence-electron chi connectivity index (χ3n) is 0. The molecule has 0 amide bonds. The van der Waals surface area contributed by atoms with Crippen LogP contribution in [0.1, 0.15) is 0 Å². The van der Waals surface area contributed by atoms with Crippen molar-refractivity contribution < 1.29 is 185 Å². The fraction of sp³-hybridized carbons (Fsp3) is 0. The molecule has 0 aliphatic rings. The topological polar surface area (TPSA) is 524 Å². The molecule has 21 nitrogen and oxygen atoms in total. The van der Waals surface area contributed by atoms with E-state index in [1.54, 1.807) is 0 Å². The summed E-state index contributed by atoms with van der Waals surface area (Å²) in [7, 11) is -15.5. The summed E-state index contributed by atoms with van der Waals surface area (Å²) < 4.78 is 102. The second-order valence-corrected chi connectivity index (χ2v) is 3.67. The van der Waals surface area contributed by atoms with Crippen LogP contribution in [-0.4, -0.2) is 102 Å². The zero-order chi connectivity index (χ0) is 13.5. The first-order valence-corrected chi connectivity index (χ1v) is 6.00. The van der Waals surface area contributed by atoms with Crippen molar-refractivity contribution in [2.45, 2.75) is 0 Å². The molecule has 0 spiro atoms. The van der Waals surface area contributed by atoms with Gasteiger partial charge in [0.05, 0.1) is 0 Å². The van der Waals surface area contributed by atoms with E-state index in [-0.39, 0.29) is 133 Å². The number of hydrogen-bond acceptors (Lipinski definition) is 12. The van der Waals surface area contributed by atoms with Crippen molar-refractivity contribution in [1.82, 2.24) is 0 Å². The van der Waals surface area contributed by atoms with E-state index in [0.717, 1.165) is 0 Å². The van der Waals surface area contributed by atoms with E-state index in [1.165, 1.54) is 0 Å². The number of hydrogen-bond donors (Lipinski definition) is 0. The van der Waals surface area contributed by atoms with Crippen LogP contribution in [0.2, 0.25) is 0 Å². The van der Waals surface area contributed by atoms with Crippen molar-refractivity contribution in [1.29, 1.82) is 0 Å². The fourth-order valence-corrected chi connectivity index (χ4v) is 0. The van der Waals surface area contributed by atoms with E-state index in [1.807, 2.05) is 0 Å². The van der Waals surface area contributed by atoms with Gasteiger partial charge in [0, 0.05) is 31.2 Å². The predicted molar refractivity (Wildman–Crippen MR) is 63.9 cm³/mol. The average Bonchev–Trinajstić information content (AvgIpc) is 1.41. The van der Waals surface area contributed by atoms with E-state index in [9.17, 15) is 0 Å². The molecular formula is H18Ce2O21S3. The monoisotopic (exact) mass is 730 g/mol. The third-order valence-corrected chi connectivity index (χ3v) is 0. The molecule has 0 aliphatic heterocycles. The quantitative estimate of drug-likeness (QED) is 0.166. The Morgan fingerprint density at radius 1 is 0.308 bits per heavy atom. The molecule has 0 saturated carbocycles. The smallest absolute Gasteiger partial charge is 0.759 e. The molecule has 170 valence electrons. The minimum atomic E-state index is -5.17. The van der Waals surface area contributed by atoms with E-state index >= 15 is 0 Å². The van der Waals surface area contributed by atoms with Gasteiger partial charge in [-0.2, -0.15) is 0 Å². The van der Waals surface area contributed by atoms with Gasteiger partial charge in [-0.3, -0.25) is 25.3 Å². The molecule has 26 heavy (non-hydrogen) atoms. The van der Waals surface area contributed by atoms with E-state index in [0.29, 0.717) is 0 Å². The molecule has 26 heteroatoms. The van der Waals surface area contributed by atoms with Crippen molar-refractivity contribution in [3.63, 3.8) is 0 Å². The molecule has 0 heterocycles. The molecule has 0 aromatic rings. The first-order valence-electron chi connectivity index (χ1n) is 2.00. The van der Waals surface area contributed by atoms with Crippen molar-refractivity contribution in [3.05, 3.63) is 0 Å². The largest absolute Gasteiger partial charge is 3.00 e. The molecule has 0 unspecified atom stereocenters. The first-order chi connectivity index (χ1) is 6.00. The van der Waals surface area contributed by atoms with E-state index in [4.69, 9.17) is 52.6 Å². The Kier molecular flexibility index (Phi) is 183. The summed E-state index contributed by atoms with van der Waals surface area (Å²) in [5.74, 6) is 0. The Labute approximate surface area is 213 Å². The summed E-state index contributed by atoms with van der Waals surface area (Å²) in [6.07, 6.45) is 0. The maximum absolute atomic E-state index is 8.52. The number of rotatable bonds is 0. The minimum absolute atomic E-state index is 0. The molecular weight excluding hydrogens is 712 g/mol. The zero-order valence-corrected chi connectivity index (χ0v) is 20.4. The van der Waals surface area contributed by atoms with Gasteiger partial charge in [-0.15, -0.1) is 0 Å². The Balaban J connectivity index is -0.00000000571. The molecule has 0 aromatic carbocycles. The minimum Gasteiger partial charge on any atom is -0.759 e. The van der Waals surface area contributed by atoms with Crippen LogP contribution in [-0.2, 0) is 31.2 Å². The molecule has 2 radical (unpaired) electrons. The second kappa shape index (κ2) is 45.6. The van der Waals surface area contributed by atoms with Crippen LogP contribution >= 0.6 is 0 Å². The van der Waals surface area contributed by atoms with Gasteiger partial charge in [0.2, 0.25) is 0 Å². The first kappa shape index (κ1) is 104. The molecule has 0 aromatic heterocycles. The van der Waals surface area contributed by atoms with Crippen LogP contribution in [0.3, 0.4) is 0 Å². The van der Waals surface area contributed by atoms with Gasteiger partial charge < -0.3 is 76.6 Å². The van der Waals surface area contributed by atoms with Gasteiger partial charge in [-0.25, -0.2) is 0 Å². The molecule has 18 N–H and O–H groups in total. The average molecular weight is 731 g/mol. The van der Waals surface area contributed by atoms with Crippen LogP contribution in [0.4, 0.5) is 0 Å². The molecule has 0 aliphatic carbocycles. The van der Waals surface area contributed by atoms with Crippen LogP contribution in [0.15, 0.2) is 0 Å². The Morgan fingerprint density at radius 3 is 0.308 bits per heavy atom. The maximum atomic E-state index is 8.52. The van der Waals surface area contributed by atoms with Crippen LogP contribution < -0.4 is 0 Å². The maximum Gasteiger partial charge on any atom is 3.00 e. The van der Waals surface area contributed by atoms with E-state index < -0.39 is 31.2 Å². The molecule has 0 atom stereocenters. The molecule has 0 rings (SSSR count). The molecule has 0 fully saturated rings. The van der Waals surface area contributed by atoms with Crippen LogP contribution in [0.25, 0.3) is 0 Å². The van der Waals surface area contributed by atoms with Crippen LogP contribution in [0, 0.1) is 83.5 Å². The Bertz CT molecular complexity index is 344. The normalized spacial score (nSPS) is 6.69. The van der Waals surface area contributed by atoms with Gasteiger partial charge in [-0.05, 0) is 0 Å². The second-order valence-electron chi connectivity index (χ2n) is 1.22. The van der Waals surface area contributed by atoms with Crippen LogP contribution in [0.5, 0.6) is 0 Å². The summed E-state index contributed by atoms with van der Waals surface area (Å²) in [6.45, 7) is 0. The standard InChI is InChI=1S/2Ce.3H2O4S.9H2O/c;;3*1-5(2,3)4;;;;;;;;;/h;;3*(H2,1,2,3,4);9*1H2/q2*+3;;;;;;;;;;;;/p-6. The van der Waals surface area contributed by atoms with Crippen molar-refractivity contribution in [2.24, 2.45) is 0 Å². The Morgan fingerprint density at radius 2 is 0.308 bits per heavy atom. The van der Waals surface area contributed by atoms with Gasteiger partial charge in [0.25, 0.3) is 0 Å². The van der Waals surface area contributed by atoms with Gasteiger partial charge in [-0.1, -0.05) is 0 Å². The van der Waals surface area contributed by atoms with E-state index in [2.05, 4.69) is 0 Å². The Hall–Kier alpha value is 2.00. The van der Waals surface area contributed by atoms with Crippen molar-refractivity contribution >= 4 is 31.2 Å². The van der Waals surface area contributed by atoms with Crippen molar-refractivity contribution in [2.75, 3.05) is 0 Å². The predicted octanol–water partition coefficient (Wildman–Crippen LogP) is -11.4. The summed E-state index contributed by atoms with van der Waals surface area (Å²) >= 11 is 0. The molecule has 0 saturated heterocycles. The van der Waals surface area contributed by atoms with Gasteiger partial charge >= 0.3 is 83.5 Å². The van der Waals surface area contributed by atoms with Gasteiger partial charge in [0.1, 0.15) is 0 Å². The summed E-state index contributed by atoms with van der Waals surface area (Å²) in [5.41, 5.74) is 0. The summed E-state index contributed by atoms with van der Waals surface area (Å²) in [5, 5.41) is 0. The summed E-state index contributed by atoms with van der Waals surface area (Å²) in [4.78, 5) is 0. The van der Waals surface area contributed by atoms with Crippen molar-refractivity contribution in [3.8, 4) is 0 Å². The third kappa shape index (κ3) is 4050. The SMILES string of the molecule is O.O.O.O.O.O.O.O.O.O=S(=O)([O-])[O-].O=S(=O)([O-])[O-].O=S(=O)([O-])[O-].[Ce+3].[Ce+3]. The zero-order valence-electron chi connectivity index (χ0n) is 11.6. The van der Waals surface area contributed by atoms with Gasteiger partial charge in [0.15, 0.2) is 0 Å². The summed E-state index contributed by atoms with van der Waals surface area (Å²) in [6, 6.07) is 0.